The number of ether oxygens (including phenoxy) is 1. The summed E-state index contributed by atoms with van der Waals surface area (Å²) < 4.78 is 41.0. The van der Waals surface area contributed by atoms with Crippen LogP contribution in [-0.2, 0) is 11.3 Å². The summed E-state index contributed by atoms with van der Waals surface area (Å²) in [5.41, 5.74) is 1.20. The summed E-state index contributed by atoms with van der Waals surface area (Å²) in [5, 5.41) is 2.61. The molecular weight excluding hydrogens is 309 g/mol. The first-order chi connectivity index (χ1) is 10.7. The van der Waals surface area contributed by atoms with E-state index in [1.165, 1.54) is 18.2 Å². The Bertz CT molecular complexity index is 544. The van der Waals surface area contributed by atoms with Crippen LogP contribution in [0.4, 0.5) is 13.2 Å². The number of amides is 1. The fraction of sp³-hybridized carbons (Fsp3) is 0.438. The average Bonchev–Trinajstić information content (AvgIpc) is 2.43. The average molecular weight is 330 g/mol. The van der Waals surface area contributed by atoms with Gasteiger partial charge in [-0.25, -0.2) is 0 Å². The third-order valence-electron chi connectivity index (χ3n) is 2.98. The monoisotopic (exact) mass is 330 g/mol. The second-order valence-corrected chi connectivity index (χ2v) is 5.19. The maximum Gasteiger partial charge on any atom is 0.573 e. The Balaban J connectivity index is 2.61. The van der Waals surface area contributed by atoms with Gasteiger partial charge in [0.15, 0.2) is 0 Å². The molecule has 0 aliphatic carbocycles. The van der Waals surface area contributed by atoms with Crippen molar-refractivity contribution in [3.8, 4) is 5.75 Å². The molecule has 0 aliphatic heterocycles. The number of para-hydroxylation sites is 1. The summed E-state index contributed by atoms with van der Waals surface area (Å²) in [6, 6.07) is 5.73. The maximum absolute atomic E-state index is 12.3. The van der Waals surface area contributed by atoms with Gasteiger partial charge in [-0.3, -0.25) is 9.69 Å². The molecule has 0 saturated heterocycles. The lowest BCUT2D eigenvalue weighted by Crippen LogP contribution is -2.37. The molecule has 0 aromatic heterocycles. The minimum absolute atomic E-state index is 0.0320. The van der Waals surface area contributed by atoms with Gasteiger partial charge in [-0.2, -0.15) is 0 Å². The maximum atomic E-state index is 12.3. The van der Waals surface area contributed by atoms with E-state index in [0.717, 1.165) is 5.57 Å². The topological polar surface area (TPSA) is 41.6 Å². The molecule has 0 radical (unpaired) electrons. The van der Waals surface area contributed by atoms with Gasteiger partial charge in [0.25, 0.3) is 0 Å². The molecule has 4 nitrogen and oxygen atoms in total. The molecule has 0 aliphatic rings. The number of benzene rings is 1. The second-order valence-electron chi connectivity index (χ2n) is 5.19. The predicted molar refractivity (Wildman–Crippen MR) is 81.9 cm³/mol. The number of carbonyl (C=O) groups excluding carboxylic acids is 1. The molecule has 128 valence electrons. The number of nitrogens with zero attached hydrogens (tertiary/aromatic N) is 1. The van der Waals surface area contributed by atoms with E-state index in [9.17, 15) is 18.0 Å². The molecule has 7 heteroatoms. The highest BCUT2D eigenvalue weighted by atomic mass is 19.4. The molecule has 1 aromatic rings. The number of hydrogen-bond donors (Lipinski definition) is 1. The highest BCUT2D eigenvalue weighted by molar-refractivity contribution is 5.78. The van der Waals surface area contributed by atoms with E-state index >= 15 is 0 Å². The predicted octanol–water partition coefficient (Wildman–Crippen LogP) is 3.10. The molecule has 0 heterocycles. The van der Waals surface area contributed by atoms with E-state index in [1.54, 1.807) is 6.07 Å². The minimum atomic E-state index is -4.76. The first-order valence-electron chi connectivity index (χ1n) is 7.18. The largest absolute Gasteiger partial charge is 0.573 e. The fourth-order valence-electron chi connectivity index (χ4n) is 1.99. The van der Waals surface area contributed by atoms with Crippen LogP contribution < -0.4 is 10.1 Å². The standard InChI is InChI=1S/C16H21F3N2O2/c1-4-21(10-12(2)3)11-15(22)20-9-13-7-5-6-8-14(13)23-16(17,18)19/h5-8H,2,4,9-11H2,1,3H3,(H,20,22). The van der Waals surface area contributed by atoms with E-state index in [4.69, 9.17) is 0 Å². The van der Waals surface area contributed by atoms with Crippen molar-refractivity contribution in [3.63, 3.8) is 0 Å². The van der Waals surface area contributed by atoms with Crippen molar-refractivity contribution >= 4 is 5.91 Å². The van der Waals surface area contributed by atoms with Crippen molar-refractivity contribution in [2.24, 2.45) is 0 Å². The van der Waals surface area contributed by atoms with Crippen LogP contribution in [0.25, 0.3) is 0 Å². The highest BCUT2D eigenvalue weighted by Gasteiger charge is 2.31. The Hall–Kier alpha value is -2.02. The van der Waals surface area contributed by atoms with Crippen LogP contribution in [-0.4, -0.2) is 36.8 Å². The molecule has 1 N–H and O–H groups in total. The minimum Gasteiger partial charge on any atom is -0.405 e. The smallest absolute Gasteiger partial charge is 0.405 e. The van der Waals surface area contributed by atoms with Gasteiger partial charge in [0.1, 0.15) is 5.75 Å². The first kappa shape index (κ1) is 19.0. The molecule has 23 heavy (non-hydrogen) atoms. The lowest BCUT2D eigenvalue weighted by molar-refractivity contribution is -0.274. The van der Waals surface area contributed by atoms with Crippen LogP contribution in [0.1, 0.15) is 19.4 Å². The summed E-state index contributed by atoms with van der Waals surface area (Å²) in [4.78, 5) is 13.8. The number of nitrogens with one attached hydrogen (secondary N) is 1. The fourth-order valence-corrected chi connectivity index (χ4v) is 1.99. The van der Waals surface area contributed by atoms with Gasteiger partial charge in [0, 0.05) is 18.7 Å². The Labute approximate surface area is 133 Å². The molecule has 0 fully saturated rings. The Kier molecular flexibility index (Phi) is 7.09. The molecule has 1 rings (SSSR count). The van der Waals surface area contributed by atoms with Crippen molar-refractivity contribution in [2.45, 2.75) is 26.8 Å². The van der Waals surface area contributed by atoms with Crippen LogP contribution in [0.15, 0.2) is 36.4 Å². The van der Waals surface area contributed by atoms with Crippen LogP contribution >= 0.6 is 0 Å². The molecule has 0 spiro atoms. The SMILES string of the molecule is C=C(C)CN(CC)CC(=O)NCc1ccccc1OC(F)(F)F. The third-order valence-corrected chi connectivity index (χ3v) is 2.98. The third kappa shape index (κ3) is 7.69. The van der Waals surface area contributed by atoms with Gasteiger partial charge in [0.2, 0.25) is 5.91 Å². The molecule has 1 aromatic carbocycles. The number of likely N-dealkylation sites (N-methyl/N-ethyl adjacent to an activating group) is 1. The summed E-state index contributed by atoms with van der Waals surface area (Å²) >= 11 is 0. The zero-order valence-corrected chi connectivity index (χ0v) is 13.2. The first-order valence-corrected chi connectivity index (χ1v) is 7.18. The highest BCUT2D eigenvalue weighted by Crippen LogP contribution is 2.25. The van der Waals surface area contributed by atoms with Gasteiger partial charge in [-0.1, -0.05) is 37.3 Å². The summed E-state index contributed by atoms with van der Waals surface area (Å²) in [6.07, 6.45) is -4.76. The van der Waals surface area contributed by atoms with Crippen molar-refractivity contribution < 1.29 is 22.7 Å². The second kappa shape index (κ2) is 8.57. The number of rotatable bonds is 8. The number of alkyl halides is 3. The molecular formula is C16H21F3N2O2. The molecule has 0 bridgehead atoms. The molecule has 0 unspecified atom stereocenters. The Morgan fingerprint density at radius 3 is 2.52 bits per heavy atom. The van der Waals surface area contributed by atoms with E-state index in [0.29, 0.717) is 13.1 Å². The van der Waals surface area contributed by atoms with Gasteiger partial charge in [0.05, 0.1) is 6.54 Å². The zero-order valence-electron chi connectivity index (χ0n) is 13.2. The van der Waals surface area contributed by atoms with Crippen LogP contribution in [0.5, 0.6) is 5.75 Å². The summed E-state index contributed by atoms with van der Waals surface area (Å²) in [6.45, 7) is 8.97. The zero-order chi connectivity index (χ0) is 17.5. The van der Waals surface area contributed by atoms with E-state index in [2.05, 4.69) is 16.6 Å². The lowest BCUT2D eigenvalue weighted by atomic mass is 10.2. The van der Waals surface area contributed by atoms with Crippen LogP contribution in [0, 0.1) is 0 Å². The number of halogens is 3. The molecule has 0 saturated carbocycles. The lowest BCUT2D eigenvalue weighted by Gasteiger charge is -2.20. The van der Waals surface area contributed by atoms with E-state index in [-0.39, 0.29) is 30.3 Å². The Morgan fingerprint density at radius 1 is 1.30 bits per heavy atom. The number of carbonyl (C=O) groups is 1. The summed E-state index contributed by atoms with van der Waals surface area (Å²) in [5.74, 6) is -0.579. The van der Waals surface area contributed by atoms with Crippen LogP contribution in [0.3, 0.4) is 0 Å². The van der Waals surface area contributed by atoms with Gasteiger partial charge < -0.3 is 10.1 Å². The van der Waals surface area contributed by atoms with Gasteiger partial charge >= 0.3 is 6.36 Å². The van der Waals surface area contributed by atoms with E-state index in [1.807, 2.05) is 18.7 Å². The van der Waals surface area contributed by atoms with Gasteiger partial charge in [-0.05, 0) is 19.5 Å². The van der Waals surface area contributed by atoms with E-state index < -0.39 is 6.36 Å². The normalized spacial score (nSPS) is 11.4. The van der Waals surface area contributed by atoms with Crippen molar-refractivity contribution in [1.82, 2.24) is 10.2 Å². The van der Waals surface area contributed by atoms with Crippen molar-refractivity contribution in [2.75, 3.05) is 19.6 Å². The molecule has 0 atom stereocenters. The van der Waals surface area contributed by atoms with Crippen LogP contribution in [0.2, 0.25) is 0 Å². The van der Waals surface area contributed by atoms with Crippen molar-refractivity contribution in [3.05, 3.63) is 42.0 Å². The quantitative estimate of drug-likeness (QED) is 0.745. The molecule has 1 amide bonds. The summed E-state index contributed by atoms with van der Waals surface area (Å²) in [7, 11) is 0. The van der Waals surface area contributed by atoms with Gasteiger partial charge in [-0.15, -0.1) is 13.2 Å². The Morgan fingerprint density at radius 2 is 1.96 bits per heavy atom. The number of hydrogen-bond acceptors (Lipinski definition) is 3. The van der Waals surface area contributed by atoms with Crippen molar-refractivity contribution in [1.29, 1.82) is 0 Å².